The molecule has 0 amide bonds. The molecule has 0 aliphatic carbocycles. The van der Waals surface area contributed by atoms with Gasteiger partial charge in [0.25, 0.3) is 0 Å². The highest BCUT2D eigenvalue weighted by atomic mass is 32.2. The quantitative estimate of drug-likeness (QED) is 0.771. The Kier molecular flexibility index (Phi) is 4.61. The van der Waals surface area contributed by atoms with E-state index < -0.39 is 9.84 Å². The van der Waals surface area contributed by atoms with Crippen LogP contribution in [0.1, 0.15) is 6.42 Å². The van der Waals surface area contributed by atoms with Crippen LogP contribution in [0.5, 0.6) is 0 Å². The highest BCUT2D eigenvalue weighted by molar-refractivity contribution is 7.91. The molecule has 6 heteroatoms. The van der Waals surface area contributed by atoms with Gasteiger partial charge in [-0.2, -0.15) is 0 Å². The molecule has 0 spiro atoms. The SMILES string of the molecule is O=S(=O)(c1ccccc1)c1cc2ccccc2nc1N1CCCNCC1. The first kappa shape index (κ1) is 17.0. The van der Waals surface area contributed by atoms with Gasteiger partial charge in [0.15, 0.2) is 0 Å². The lowest BCUT2D eigenvalue weighted by Crippen LogP contribution is -2.30. The lowest BCUT2D eigenvalue weighted by atomic mass is 10.2. The first-order valence-electron chi connectivity index (χ1n) is 8.82. The molecular weight excluding hydrogens is 346 g/mol. The fourth-order valence-corrected chi connectivity index (χ4v) is 4.76. The number of benzene rings is 2. The normalized spacial score (nSPS) is 15.8. The average Bonchev–Trinajstić information content (AvgIpc) is 2.97. The largest absolute Gasteiger partial charge is 0.354 e. The minimum absolute atomic E-state index is 0.282. The summed E-state index contributed by atoms with van der Waals surface area (Å²) in [7, 11) is -3.65. The molecule has 0 radical (unpaired) electrons. The Morgan fingerprint density at radius 2 is 1.69 bits per heavy atom. The van der Waals surface area contributed by atoms with E-state index in [4.69, 9.17) is 4.98 Å². The Hall–Kier alpha value is -2.44. The maximum absolute atomic E-state index is 13.3. The maximum atomic E-state index is 13.3. The van der Waals surface area contributed by atoms with Crippen molar-refractivity contribution in [3.63, 3.8) is 0 Å². The van der Waals surface area contributed by atoms with Gasteiger partial charge >= 0.3 is 0 Å². The Balaban J connectivity index is 1.93. The molecule has 1 aliphatic heterocycles. The summed E-state index contributed by atoms with van der Waals surface area (Å²) in [5, 5.41) is 4.19. The molecule has 1 aliphatic rings. The minimum Gasteiger partial charge on any atom is -0.354 e. The Morgan fingerprint density at radius 3 is 2.54 bits per heavy atom. The van der Waals surface area contributed by atoms with Gasteiger partial charge in [-0.05, 0) is 37.2 Å². The molecule has 0 unspecified atom stereocenters. The van der Waals surface area contributed by atoms with Crippen LogP contribution in [0.2, 0.25) is 0 Å². The molecule has 3 aromatic rings. The molecule has 1 saturated heterocycles. The second kappa shape index (κ2) is 7.05. The number of fused-ring (bicyclic) bond motifs is 1. The van der Waals surface area contributed by atoms with Crippen molar-refractivity contribution in [2.75, 3.05) is 31.1 Å². The van der Waals surface area contributed by atoms with Gasteiger partial charge in [0, 0.05) is 25.0 Å². The lowest BCUT2D eigenvalue weighted by Gasteiger charge is -2.24. The Bertz CT molecular complexity index is 1010. The molecule has 0 atom stereocenters. The fourth-order valence-electron chi connectivity index (χ4n) is 3.29. The van der Waals surface area contributed by atoms with Crippen molar-refractivity contribution < 1.29 is 8.42 Å². The van der Waals surface area contributed by atoms with E-state index in [2.05, 4.69) is 10.2 Å². The zero-order valence-electron chi connectivity index (χ0n) is 14.4. The van der Waals surface area contributed by atoms with Gasteiger partial charge in [0.05, 0.1) is 10.4 Å². The van der Waals surface area contributed by atoms with Crippen LogP contribution in [0.4, 0.5) is 5.82 Å². The van der Waals surface area contributed by atoms with Gasteiger partial charge in [-0.1, -0.05) is 36.4 Å². The number of hydrogen-bond acceptors (Lipinski definition) is 5. The highest BCUT2D eigenvalue weighted by Crippen LogP contribution is 2.32. The zero-order chi connectivity index (χ0) is 18.0. The van der Waals surface area contributed by atoms with Crippen molar-refractivity contribution in [1.29, 1.82) is 0 Å². The molecule has 2 heterocycles. The molecule has 26 heavy (non-hydrogen) atoms. The fraction of sp³-hybridized carbons (Fsp3) is 0.250. The topological polar surface area (TPSA) is 62.3 Å². The van der Waals surface area contributed by atoms with E-state index >= 15 is 0 Å². The predicted octanol–water partition coefficient (Wildman–Crippen LogP) is 2.87. The van der Waals surface area contributed by atoms with E-state index in [1.807, 2.05) is 30.3 Å². The van der Waals surface area contributed by atoms with Gasteiger partial charge in [-0.25, -0.2) is 13.4 Å². The summed E-state index contributed by atoms with van der Waals surface area (Å²) in [6.07, 6.45) is 0.958. The summed E-state index contributed by atoms with van der Waals surface area (Å²) in [6, 6.07) is 18.0. The van der Waals surface area contributed by atoms with Crippen LogP contribution in [0.15, 0.2) is 70.5 Å². The Labute approximate surface area is 153 Å². The summed E-state index contributed by atoms with van der Waals surface area (Å²) in [6.45, 7) is 3.28. The van der Waals surface area contributed by atoms with Gasteiger partial charge in [0.2, 0.25) is 9.84 Å². The molecule has 1 N–H and O–H groups in total. The summed E-state index contributed by atoms with van der Waals surface area (Å²) >= 11 is 0. The lowest BCUT2D eigenvalue weighted by molar-refractivity contribution is 0.595. The molecule has 5 nitrogen and oxygen atoms in total. The number of rotatable bonds is 3. The molecule has 0 bridgehead atoms. The van der Waals surface area contributed by atoms with E-state index in [1.165, 1.54) is 0 Å². The van der Waals surface area contributed by atoms with Crippen LogP contribution in [0.3, 0.4) is 0 Å². The van der Waals surface area contributed by atoms with E-state index in [9.17, 15) is 8.42 Å². The van der Waals surface area contributed by atoms with E-state index in [0.29, 0.717) is 10.7 Å². The molecule has 1 aromatic heterocycles. The van der Waals surface area contributed by atoms with E-state index in [0.717, 1.165) is 43.5 Å². The van der Waals surface area contributed by atoms with Crippen LogP contribution >= 0.6 is 0 Å². The Morgan fingerprint density at radius 1 is 0.923 bits per heavy atom. The third-order valence-corrected chi connectivity index (χ3v) is 6.42. The van der Waals surface area contributed by atoms with Crippen molar-refractivity contribution in [2.45, 2.75) is 16.2 Å². The summed E-state index contributed by atoms with van der Waals surface area (Å²) in [5.74, 6) is 0.552. The average molecular weight is 367 g/mol. The first-order chi connectivity index (χ1) is 12.7. The standard InChI is InChI=1S/C20H21N3O2S/c24-26(25,17-8-2-1-3-9-17)19-15-16-7-4-5-10-18(16)22-20(19)23-13-6-11-21-12-14-23/h1-5,7-10,15,21H,6,11-14H2. The number of hydrogen-bond donors (Lipinski definition) is 1. The van der Waals surface area contributed by atoms with Gasteiger partial charge in [-0.3, -0.25) is 0 Å². The number of anilines is 1. The molecule has 4 rings (SSSR count). The van der Waals surface area contributed by atoms with Gasteiger partial charge in [0.1, 0.15) is 10.7 Å². The van der Waals surface area contributed by atoms with Crippen LogP contribution < -0.4 is 10.2 Å². The molecule has 1 fully saturated rings. The van der Waals surface area contributed by atoms with Crippen LogP contribution in [-0.2, 0) is 9.84 Å². The second-order valence-corrected chi connectivity index (χ2v) is 8.33. The molecule has 0 saturated carbocycles. The van der Waals surface area contributed by atoms with Gasteiger partial charge in [-0.15, -0.1) is 0 Å². The number of sulfone groups is 1. The zero-order valence-corrected chi connectivity index (χ0v) is 15.2. The third-order valence-electron chi connectivity index (χ3n) is 4.65. The predicted molar refractivity (Wildman–Crippen MR) is 103 cm³/mol. The summed E-state index contributed by atoms with van der Waals surface area (Å²) in [4.78, 5) is 7.42. The first-order valence-corrected chi connectivity index (χ1v) is 10.3. The summed E-state index contributed by atoms with van der Waals surface area (Å²) < 4.78 is 26.7. The smallest absolute Gasteiger partial charge is 0.210 e. The van der Waals surface area contributed by atoms with Crippen molar-refractivity contribution >= 4 is 26.6 Å². The van der Waals surface area contributed by atoms with E-state index in [1.54, 1.807) is 30.3 Å². The molecule has 2 aromatic carbocycles. The summed E-state index contributed by atoms with van der Waals surface area (Å²) in [5.41, 5.74) is 0.812. The van der Waals surface area contributed by atoms with Crippen LogP contribution in [-0.4, -0.2) is 39.6 Å². The van der Waals surface area contributed by atoms with Crippen LogP contribution in [0.25, 0.3) is 10.9 Å². The maximum Gasteiger partial charge on any atom is 0.210 e. The number of aromatic nitrogens is 1. The van der Waals surface area contributed by atoms with Crippen molar-refractivity contribution in [3.05, 3.63) is 60.7 Å². The molecular formula is C20H21N3O2S. The number of nitrogens with one attached hydrogen (secondary N) is 1. The van der Waals surface area contributed by atoms with Crippen LogP contribution in [0, 0.1) is 0 Å². The monoisotopic (exact) mass is 367 g/mol. The van der Waals surface area contributed by atoms with Gasteiger partial charge < -0.3 is 10.2 Å². The third kappa shape index (κ3) is 3.18. The number of pyridine rings is 1. The van der Waals surface area contributed by atoms with Crippen molar-refractivity contribution in [1.82, 2.24) is 10.3 Å². The van der Waals surface area contributed by atoms with E-state index in [-0.39, 0.29) is 4.90 Å². The minimum atomic E-state index is -3.65. The highest BCUT2D eigenvalue weighted by Gasteiger charge is 2.26. The van der Waals surface area contributed by atoms with Crippen molar-refractivity contribution in [3.8, 4) is 0 Å². The molecule has 134 valence electrons. The number of nitrogens with zero attached hydrogens (tertiary/aromatic N) is 2. The number of para-hydroxylation sites is 1. The second-order valence-electron chi connectivity index (χ2n) is 6.41. The van der Waals surface area contributed by atoms with Crippen molar-refractivity contribution in [2.24, 2.45) is 0 Å².